The first kappa shape index (κ1) is 21.2. The molecule has 0 radical (unpaired) electrons. The van der Waals surface area contributed by atoms with Crippen LogP contribution in [0.3, 0.4) is 0 Å². The largest absolute Gasteiger partial charge is 0.394 e. The summed E-state index contributed by atoms with van der Waals surface area (Å²) in [5.41, 5.74) is 1.52. The summed E-state index contributed by atoms with van der Waals surface area (Å²) in [6.07, 6.45) is 2.02. The summed E-state index contributed by atoms with van der Waals surface area (Å²) in [5, 5.41) is 12.3. The molecule has 0 bridgehead atoms. The number of carbonyl (C=O) groups excluding carboxylic acids is 2. The summed E-state index contributed by atoms with van der Waals surface area (Å²) in [7, 11) is 0. The molecule has 8 heteroatoms. The van der Waals surface area contributed by atoms with Crippen molar-refractivity contribution in [1.29, 1.82) is 0 Å². The van der Waals surface area contributed by atoms with Crippen LogP contribution in [0, 0.1) is 5.82 Å². The van der Waals surface area contributed by atoms with Crippen LogP contribution in [-0.2, 0) is 16.0 Å². The molecular formula is C21H19FN2O3S2. The molecule has 3 rings (SSSR count). The Morgan fingerprint density at radius 2 is 2.00 bits per heavy atom. The summed E-state index contributed by atoms with van der Waals surface area (Å²) < 4.78 is 13.6. The number of thiocarbonyl (C=S) groups is 1. The van der Waals surface area contributed by atoms with E-state index in [9.17, 15) is 19.1 Å². The number of hydrogen-bond donors (Lipinski definition) is 2. The molecule has 1 aliphatic rings. The molecule has 1 saturated heterocycles. The number of thioether (sulfide) groups is 1. The van der Waals surface area contributed by atoms with Crippen molar-refractivity contribution < 1.29 is 19.1 Å². The molecule has 1 aliphatic heterocycles. The molecule has 1 atom stereocenters. The van der Waals surface area contributed by atoms with Gasteiger partial charge in [0.2, 0.25) is 5.91 Å². The molecule has 0 saturated carbocycles. The lowest BCUT2D eigenvalue weighted by molar-refractivity contribution is -0.129. The van der Waals surface area contributed by atoms with Gasteiger partial charge in [-0.2, -0.15) is 0 Å². The van der Waals surface area contributed by atoms with Crippen LogP contribution >= 0.6 is 24.0 Å². The predicted molar refractivity (Wildman–Crippen MR) is 115 cm³/mol. The molecule has 0 aromatic heterocycles. The molecule has 0 unspecified atom stereocenters. The van der Waals surface area contributed by atoms with E-state index in [2.05, 4.69) is 5.32 Å². The van der Waals surface area contributed by atoms with Gasteiger partial charge in [0, 0.05) is 0 Å². The highest BCUT2D eigenvalue weighted by Crippen LogP contribution is 2.32. The molecule has 29 heavy (non-hydrogen) atoms. The highest BCUT2D eigenvalue weighted by Gasteiger charge is 2.33. The van der Waals surface area contributed by atoms with Gasteiger partial charge in [-0.25, -0.2) is 4.39 Å². The fraction of sp³-hybridized carbons (Fsp3) is 0.190. The maximum absolute atomic E-state index is 13.3. The van der Waals surface area contributed by atoms with Gasteiger partial charge in [0.25, 0.3) is 5.91 Å². The van der Waals surface area contributed by atoms with E-state index in [1.807, 2.05) is 30.3 Å². The molecule has 1 heterocycles. The Hall–Kier alpha value is -2.55. The minimum Gasteiger partial charge on any atom is -0.394 e. The zero-order chi connectivity index (χ0) is 20.8. The van der Waals surface area contributed by atoms with Crippen molar-refractivity contribution in [2.24, 2.45) is 0 Å². The van der Waals surface area contributed by atoms with Gasteiger partial charge in [0.05, 0.1) is 17.6 Å². The summed E-state index contributed by atoms with van der Waals surface area (Å²) in [6.45, 7) is -0.463. The molecule has 2 amide bonds. The second kappa shape index (κ2) is 9.78. The summed E-state index contributed by atoms with van der Waals surface area (Å²) >= 11 is 6.29. The smallest absolute Gasteiger partial charge is 0.266 e. The van der Waals surface area contributed by atoms with E-state index in [1.54, 1.807) is 18.2 Å². The molecule has 2 aromatic rings. The van der Waals surface area contributed by atoms with Crippen molar-refractivity contribution in [1.82, 2.24) is 10.2 Å². The number of hydrogen-bond acceptors (Lipinski definition) is 5. The van der Waals surface area contributed by atoms with Gasteiger partial charge in [-0.15, -0.1) is 0 Å². The third kappa shape index (κ3) is 5.72. The molecule has 150 valence electrons. The van der Waals surface area contributed by atoms with Crippen LogP contribution < -0.4 is 5.32 Å². The Kier molecular flexibility index (Phi) is 7.13. The number of aliphatic hydroxyl groups excluding tert-OH is 1. The number of carbonyl (C=O) groups is 2. The molecule has 2 N–H and O–H groups in total. The fourth-order valence-corrected chi connectivity index (χ4v) is 4.12. The second-order valence-electron chi connectivity index (χ2n) is 6.46. The molecule has 2 aromatic carbocycles. The van der Waals surface area contributed by atoms with Crippen LogP contribution in [0.15, 0.2) is 59.5 Å². The average Bonchev–Trinajstić information content (AvgIpc) is 2.95. The van der Waals surface area contributed by atoms with Crippen molar-refractivity contribution in [2.45, 2.75) is 12.5 Å². The van der Waals surface area contributed by atoms with E-state index in [1.165, 1.54) is 17.0 Å². The van der Waals surface area contributed by atoms with Crippen LogP contribution in [0.2, 0.25) is 0 Å². The third-order valence-electron chi connectivity index (χ3n) is 4.23. The zero-order valence-corrected chi connectivity index (χ0v) is 17.0. The Balaban J connectivity index is 1.62. The van der Waals surface area contributed by atoms with Gasteiger partial charge in [0.1, 0.15) is 16.7 Å². The summed E-state index contributed by atoms with van der Waals surface area (Å²) in [5.74, 6) is -1.21. The van der Waals surface area contributed by atoms with Crippen molar-refractivity contribution in [3.63, 3.8) is 0 Å². The monoisotopic (exact) mass is 430 g/mol. The van der Waals surface area contributed by atoms with Gasteiger partial charge in [-0.05, 0) is 35.8 Å². The van der Waals surface area contributed by atoms with Crippen molar-refractivity contribution >= 4 is 46.2 Å². The van der Waals surface area contributed by atoms with Crippen LogP contribution in [0.4, 0.5) is 4.39 Å². The lowest BCUT2D eigenvalue weighted by Gasteiger charge is -2.19. The molecule has 5 nitrogen and oxygen atoms in total. The van der Waals surface area contributed by atoms with Crippen molar-refractivity contribution in [3.8, 4) is 0 Å². The number of nitrogens with one attached hydrogen (secondary N) is 1. The first-order chi connectivity index (χ1) is 14.0. The van der Waals surface area contributed by atoms with Gasteiger partial charge in [-0.3, -0.25) is 14.5 Å². The predicted octanol–water partition coefficient (Wildman–Crippen LogP) is 2.75. The normalized spacial score (nSPS) is 16.3. The highest BCUT2D eigenvalue weighted by atomic mass is 32.2. The Labute approximate surface area is 177 Å². The lowest BCUT2D eigenvalue weighted by atomic mass is 10.1. The average molecular weight is 431 g/mol. The molecule has 0 spiro atoms. The standard InChI is InChI=1S/C21H19FN2O3S2/c22-16-8-4-7-15(9-16)11-18-20(27)24(21(28)29-18)12-19(26)23-17(13-25)10-14-5-2-1-3-6-14/h1-9,11,17,25H,10,12-13H2,(H,23,26)/b18-11-/t17-/m1/s1. The van der Waals surface area contributed by atoms with E-state index < -0.39 is 23.7 Å². The molecule has 1 fully saturated rings. The van der Waals surface area contributed by atoms with E-state index >= 15 is 0 Å². The van der Waals surface area contributed by atoms with Crippen LogP contribution in [0.1, 0.15) is 11.1 Å². The Bertz CT molecular complexity index is 950. The van der Waals surface area contributed by atoms with E-state index in [-0.39, 0.29) is 17.5 Å². The van der Waals surface area contributed by atoms with Gasteiger partial charge in [-0.1, -0.05) is 66.4 Å². The maximum atomic E-state index is 13.3. The number of amides is 2. The third-order valence-corrected chi connectivity index (χ3v) is 5.61. The van der Waals surface area contributed by atoms with Crippen molar-refractivity contribution in [2.75, 3.05) is 13.2 Å². The first-order valence-electron chi connectivity index (χ1n) is 8.91. The minimum absolute atomic E-state index is 0.224. The van der Waals surface area contributed by atoms with Crippen LogP contribution in [0.5, 0.6) is 0 Å². The number of halogens is 1. The molecule has 0 aliphatic carbocycles. The quantitative estimate of drug-likeness (QED) is 0.522. The minimum atomic E-state index is -0.467. The van der Waals surface area contributed by atoms with Gasteiger partial charge in [0.15, 0.2) is 0 Å². The van der Waals surface area contributed by atoms with Gasteiger partial charge < -0.3 is 10.4 Å². The van der Waals surface area contributed by atoms with Crippen molar-refractivity contribution in [3.05, 3.63) is 76.4 Å². The van der Waals surface area contributed by atoms with E-state index in [0.717, 1.165) is 17.3 Å². The fourth-order valence-electron chi connectivity index (χ4n) is 2.86. The number of benzene rings is 2. The zero-order valence-electron chi connectivity index (χ0n) is 15.4. The summed E-state index contributed by atoms with van der Waals surface area (Å²) in [6, 6.07) is 14.9. The first-order valence-corrected chi connectivity index (χ1v) is 10.1. The lowest BCUT2D eigenvalue weighted by Crippen LogP contribution is -2.45. The van der Waals surface area contributed by atoms with Crippen LogP contribution in [-0.4, -0.2) is 45.3 Å². The van der Waals surface area contributed by atoms with E-state index in [0.29, 0.717) is 16.9 Å². The SMILES string of the molecule is O=C(CN1C(=O)/C(=C/c2cccc(F)c2)SC1=S)N[C@@H](CO)Cc1ccccc1. The molecular weight excluding hydrogens is 411 g/mol. The topological polar surface area (TPSA) is 69.6 Å². The summed E-state index contributed by atoms with van der Waals surface area (Å²) in [4.78, 5) is 26.6. The number of rotatable bonds is 7. The highest BCUT2D eigenvalue weighted by molar-refractivity contribution is 8.26. The Morgan fingerprint density at radius 3 is 2.69 bits per heavy atom. The van der Waals surface area contributed by atoms with Crippen LogP contribution in [0.25, 0.3) is 6.08 Å². The number of aliphatic hydroxyl groups is 1. The maximum Gasteiger partial charge on any atom is 0.266 e. The van der Waals surface area contributed by atoms with E-state index in [4.69, 9.17) is 12.2 Å². The number of nitrogens with zero attached hydrogens (tertiary/aromatic N) is 1. The Morgan fingerprint density at radius 1 is 1.24 bits per heavy atom. The van der Waals surface area contributed by atoms with Gasteiger partial charge >= 0.3 is 0 Å². The second-order valence-corrected chi connectivity index (χ2v) is 8.14.